The molecule has 0 aliphatic heterocycles. The molecule has 4 nitrogen and oxygen atoms in total. The summed E-state index contributed by atoms with van der Waals surface area (Å²) in [5, 5.41) is 3.87. The first-order valence-electron chi connectivity index (χ1n) is 4.70. The molecule has 0 bridgehead atoms. The molecule has 0 saturated heterocycles. The van der Waals surface area contributed by atoms with Crippen LogP contribution in [-0.4, -0.2) is 19.7 Å². The zero-order valence-corrected chi connectivity index (χ0v) is 8.28. The van der Waals surface area contributed by atoms with Crippen molar-refractivity contribution in [3.63, 3.8) is 0 Å². The number of hydrogen-bond acceptors (Lipinski definition) is 2. The molecule has 7 heteroatoms. The fourth-order valence-electron chi connectivity index (χ4n) is 1.55. The highest BCUT2D eigenvalue weighted by molar-refractivity contribution is 5.77. The summed E-state index contributed by atoms with van der Waals surface area (Å²) < 4.78 is 40.7. The predicted molar refractivity (Wildman–Crippen MR) is 53.1 cm³/mol. The lowest BCUT2D eigenvalue weighted by Gasteiger charge is -1.94. The van der Waals surface area contributed by atoms with E-state index in [9.17, 15) is 13.2 Å². The number of halogens is 3. The molecule has 0 atom stereocenters. The summed E-state index contributed by atoms with van der Waals surface area (Å²) in [5.74, 6) is -3.91. The summed E-state index contributed by atoms with van der Waals surface area (Å²) in [5.41, 5.74) is -0.179. The molecule has 2 aromatic heterocycles. The summed E-state index contributed by atoms with van der Waals surface area (Å²) >= 11 is 0. The SMILES string of the molecule is Fc1cc2[nH]c(-n3cccn3)nc2c(F)c1F. The number of fused-ring (bicyclic) bond motifs is 1. The summed E-state index contributed by atoms with van der Waals surface area (Å²) in [4.78, 5) is 6.47. The van der Waals surface area contributed by atoms with Gasteiger partial charge in [0.2, 0.25) is 5.95 Å². The summed E-state index contributed by atoms with van der Waals surface area (Å²) in [6, 6.07) is 2.50. The Balaban J connectivity index is 2.30. The number of rotatable bonds is 1. The van der Waals surface area contributed by atoms with Gasteiger partial charge in [0.05, 0.1) is 5.52 Å². The lowest BCUT2D eigenvalue weighted by molar-refractivity contribution is 0.452. The van der Waals surface area contributed by atoms with E-state index in [2.05, 4.69) is 15.1 Å². The van der Waals surface area contributed by atoms with Gasteiger partial charge in [0.15, 0.2) is 17.5 Å². The fraction of sp³-hybridized carbons (Fsp3) is 0. The molecule has 0 aliphatic carbocycles. The lowest BCUT2D eigenvalue weighted by Crippen LogP contribution is -1.95. The second-order valence-corrected chi connectivity index (χ2v) is 3.39. The molecule has 0 saturated carbocycles. The number of nitrogens with zero attached hydrogens (tertiary/aromatic N) is 3. The zero-order valence-electron chi connectivity index (χ0n) is 8.28. The van der Waals surface area contributed by atoms with E-state index in [0.717, 1.165) is 6.07 Å². The van der Waals surface area contributed by atoms with Gasteiger partial charge < -0.3 is 4.98 Å². The molecule has 0 aliphatic rings. The monoisotopic (exact) mass is 238 g/mol. The molecule has 1 N–H and O–H groups in total. The van der Waals surface area contributed by atoms with Gasteiger partial charge in [-0.2, -0.15) is 5.10 Å². The number of imidazole rings is 1. The molecule has 0 radical (unpaired) electrons. The maximum absolute atomic E-state index is 13.4. The smallest absolute Gasteiger partial charge is 0.229 e. The van der Waals surface area contributed by atoms with Crippen molar-refractivity contribution < 1.29 is 13.2 Å². The summed E-state index contributed by atoms with van der Waals surface area (Å²) in [6.07, 6.45) is 3.08. The van der Waals surface area contributed by atoms with Crippen molar-refractivity contribution in [1.82, 2.24) is 19.7 Å². The van der Waals surface area contributed by atoms with Gasteiger partial charge in [-0.15, -0.1) is 0 Å². The van der Waals surface area contributed by atoms with Crippen LogP contribution in [0, 0.1) is 17.5 Å². The first-order chi connectivity index (χ1) is 8.16. The average molecular weight is 238 g/mol. The molecule has 3 rings (SSSR count). The second kappa shape index (κ2) is 3.34. The van der Waals surface area contributed by atoms with Crippen molar-refractivity contribution in [2.75, 3.05) is 0 Å². The highest BCUT2D eigenvalue weighted by Gasteiger charge is 2.17. The van der Waals surface area contributed by atoms with E-state index in [1.165, 1.54) is 10.9 Å². The largest absolute Gasteiger partial charge is 0.322 e. The van der Waals surface area contributed by atoms with E-state index in [0.29, 0.717) is 0 Å². The zero-order chi connectivity index (χ0) is 12.0. The third kappa shape index (κ3) is 1.39. The minimum Gasteiger partial charge on any atom is -0.322 e. The van der Waals surface area contributed by atoms with Crippen molar-refractivity contribution in [2.45, 2.75) is 0 Å². The Kier molecular flexibility index (Phi) is 1.94. The lowest BCUT2D eigenvalue weighted by atomic mass is 10.3. The molecule has 86 valence electrons. The minimum absolute atomic E-state index is 0.0758. The van der Waals surface area contributed by atoms with Crippen LogP contribution < -0.4 is 0 Å². The Morgan fingerprint density at radius 1 is 1.18 bits per heavy atom. The topological polar surface area (TPSA) is 46.5 Å². The van der Waals surface area contributed by atoms with Crippen LogP contribution >= 0.6 is 0 Å². The van der Waals surface area contributed by atoms with Crippen LogP contribution in [0.5, 0.6) is 0 Å². The normalized spacial score (nSPS) is 11.2. The van der Waals surface area contributed by atoms with Crippen LogP contribution in [0.2, 0.25) is 0 Å². The molecule has 0 fully saturated rings. The highest BCUT2D eigenvalue weighted by atomic mass is 19.2. The van der Waals surface area contributed by atoms with E-state index in [-0.39, 0.29) is 17.0 Å². The summed E-state index contributed by atoms with van der Waals surface area (Å²) in [6.45, 7) is 0. The van der Waals surface area contributed by atoms with Crippen molar-refractivity contribution in [2.24, 2.45) is 0 Å². The maximum atomic E-state index is 13.4. The number of aromatic nitrogens is 4. The van der Waals surface area contributed by atoms with Crippen LogP contribution in [0.1, 0.15) is 0 Å². The number of nitrogens with one attached hydrogen (secondary N) is 1. The molecule has 1 aromatic carbocycles. The van der Waals surface area contributed by atoms with Crippen LogP contribution in [0.15, 0.2) is 24.5 Å². The van der Waals surface area contributed by atoms with Gasteiger partial charge in [-0.25, -0.2) is 22.8 Å². The number of benzene rings is 1. The number of aromatic amines is 1. The van der Waals surface area contributed by atoms with E-state index in [1.807, 2.05) is 0 Å². The average Bonchev–Trinajstić information content (AvgIpc) is 2.93. The van der Waals surface area contributed by atoms with Gasteiger partial charge in [0, 0.05) is 18.5 Å². The quantitative estimate of drug-likeness (QED) is 0.660. The molecule has 3 aromatic rings. The van der Waals surface area contributed by atoms with Crippen LogP contribution in [0.25, 0.3) is 17.0 Å². The third-order valence-electron chi connectivity index (χ3n) is 2.32. The first kappa shape index (κ1) is 9.88. The second-order valence-electron chi connectivity index (χ2n) is 3.39. The maximum Gasteiger partial charge on any atom is 0.229 e. The van der Waals surface area contributed by atoms with Gasteiger partial charge in [0.25, 0.3) is 0 Å². The Hall–Kier alpha value is -2.31. The van der Waals surface area contributed by atoms with Crippen LogP contribution in [0.3, 0.4) is 0 Å². The first-order valence-corrected chi connectivity index (χ1v) is 4.70. The van der Waals surface area contributed by atoms with E-state index >= 15 is 0 Å². The minimum atomic E-state index is -1.53. The van der Waals surface area contributed by atoms with Crippen LogP contribution in [0.4, 0.5) is 13.2 Å². The third-order valence-corrected chi connectivity index (χ3v) is 2.32. The molecular weight excluding hydrogens is 233 g/mol. The Morgan fingerprint density at radius 3 is 2.71 bits per heavy atom. The predicted octanol–water partition coefficient (Wildman–Crippen LogP) is 2.17. The van der Waals surface area contributed by atoms with Gasteiger partial charge >= 0.3 is 0 Å². The number of hydrogen-bond donors (Lipinski definition) is 1. The number of H-pyrrole nitrogens is 1. The van der Waals surface area contributed by atoms with Crippen molar-refractivity contribution in [3.8, 4) is 5.95 Å². The van der Waals surface area contributed by atoms with Gasteiger partial charge in [-0.05, 0) is 6.07 Å². The van der Waals surface area contributed by atoms with Gasteiger partial charge in [-0.1, -0.05) is 0 Å². The Morgan fingerprint density at radius 2 is 2.00 bits per heavy atom. The van der Waals surface area contributed by atoms with E-state index in [4.69, 9.17) is 0 Å². The molecule has 2 heterocycles. The van der Waals surface area contributed by atoms with E-state index in [1.54, 1.807) is 12.3 Å². The molecule has 0 amide bonds. The molecule has 0 spiro atoms. The van der Waals surface area contributed by atoms with Crippen molar-refractivity contribution in [1.29, 1.82) is 0 Å². The van der Waals surface area contributed by atoms with Gasteiger partial charge in [-0.3, -0.25) is 0 Å². The fourth-order valence-corrected chi connectivity index (χ4v) is 1.55. The van der Waals surface area contributed by atoms with Crippen LogP contribution in [-0.2, 0) is 0 Å². The van der Waals surface area contributed by atoms with Gasteiger partial charge in [0.1, 0.15) is 5.52 Å². The standard InChI is InChI=1S/C10H5F3N4/c11-5-4-6-9(8(13)7(5)12)16-10(15-6)17-3-1-2-14-17/h1-4H,(H,15,16). The molecular formula is C10H5F3N4. The molecule has 0 unspecified atom stereocenters. The highest BCUT2D eigenvalue weighted by Crippen LogP contribution is 2.21. The Labute approximate surface area is 92.7 Å². The molecule has 17 heavy (non-hydrogen) atoms. The summed E-state index contributed by atoms with van der Waals surface area (Å²) in [7, 11) is 0. The van der Waals surface area contributed by atoms with Crippen molar-refractivity contribution in [3.05, 3.63) is 42.0 Å². The van der Waals surface area contributed by atoms with E-state index < -0.39 is 17.5 Å². The van der Waals surface area contributed by atoms with Crippen molar-refractivity contribution >= 4 is 11.0 Å². The Bertz CT molecular complexity index is 687.